The van der Waals surface area contributed by atoms with Crippen LogP contribution < -0.4 is 0 Å². The fourth-order valence-corrected chi connectivity index (χ4v) is 0.511. The number of hydrogen-bond acceptors (Lipinski definition) is 4. The Bertz CT molecular complexity index is 255. The quantitative estimate of drug-likeness (QED) is 0.438. The smallest absolute Gasteiger partial charge is 0.325 e. The molecular weight excluding hydrogens is 174 g/mol. The van der Waals surface area contributed by atoms with Gasteiger partial charge in [-0.15, -0.1) is 5.06 Å². The first-order valence-electron chi connectivity index (χ1n) is 3.55. The van der Waals surface area contributed by atoms with Crippen molar-refractivity contribution >= 4 is 17.8 Å². The molecule has 2 amide bonds. The lowest BCUT2D eigenvalue weighted by atomic mass is 10.4. The van der Waals surface area contributed by atoms with Crippen molar-refractivity contribution in [3.63, 3.8) is 0 Å². The Kier molecular flexibility index (Phi) is 3.84. The van der Waals surface area contributed by atoms with E-state index in [4.69, 9.17) is 0 Å². The highest BCUT2D eigenvalue weighted by Crippen LogP contribution is 1.98. The molecule has 13 heavy (non-hydrogen) atoms. The molecule has 0 saturated heterocycles. The number of amides is 2. The minimum Gasteiger partial charge on any atom is -0.325 e. The van der Waals surface area contributed by atoms with Crippen molar-refractivity contribution in [3.8, 4) is 0 Å². The predicted molar refractivity (Wildman–Crippen MR) is 44.1 cm³/mol. The van der Waals surface area contributed by atoms with E-state index in [1.54, 1.807) is 0 Å². The molecule has 0 rings (SSSR count). The molecule has 0 aliphatic carbocycles. The van der Waals surface area contributed by atoms with Crippen LogP contribution in [0.3, 0.4) is 0 Å². The van der Waals surface area contributed by atoms with Crippen molar-refractivity contribution in [2.24, 2.45) is 0 Å². The van der Waals surface area contributed by atoms with Gasteiger partial charge in [0.1, 0.15) is 0 Å². The van der Waals surface area contributed by atoms with Gasteiger partial charge in [-0.25, -0.2) is 4.79 Å². The molecule has 0 bridgehead atoms. The van der Waals surface area contributed by atoms with Crippen molar-refractivity contribution in [2.75, 3.05) is 0 Å². The summed E-state index contributed by atoms with van der Waals surface area (Å²) in [5.74, 6) is -2.10. The van der Waals surface area contributed by atoms with Crippen molar-refractivity contribution in [3.05, 3.63) is 12.2 Å². The number of rotatable bonds is 1. The van der Waals surface area contributed by atoms with Crippen molar-refractivity contribution in [2.45, 2.75) is 20.8 Å². The van der Waals surface area contributed by atoms with E-state index < -0.39 is 17.8 Å². The van der Waals surface area contributed by atoms with E-state index in [9.17, 15) is 14.4 Å². The van der Waals surface area contributed by atoms with Gasteiger partial charge in [-0.3, -0.25) is 9.59 Å². The Balaban J connectivity index is 4.45. The van der Waals surface area contributed by atoms with E-state index in [1.165, 1.54) is 6.92 Å². The van der Waals surface area contributed by atoms with Crippen molar-refractivity contribution in [1.29, 1.82) is 0 Å². The number of nitrogens with zero attached hydrogens (tertiary/aromatic N) is 1. The minimum absolute atomic E-state index is 0.118. The fourth-order valence-electron chi connectivity index (χ4n) is 0.511. The topological polar surface area (TPSA) is 63.7 Å². The third kappa shape index (κ3) is 3.50. The molecule has 0 aliphatic heterocycles. The van der Waals surface area contributed by atoms with E-state index in [2.05, 4.69) is 11.4 Å². The summed E-state index contributed by atoms with van der Waals surface area (Å²) in [6.07, 6.45) is 0. The summed E-state index contributed by atoms with van der Waals surface area (Å²) in [6, 6.07) is 0. The van der Waals surface area contributed by atoms with Crippen LogP contribution in [0.15, 0.2) is 12.2 Å². The predicted octanol–water partition coefficient (Wildman–Crippen LogP) is 0.416. The molecule has 0 atom stereocenters. The van der Waals surface area contributed by atoms with Gasteiger partial charge in [-0.2, -0.15) is 0 Å². The summed E-state index contributed by atoms with van der Waals surface area (Å²) >= 11 is 0. The van der Waals surface area contributed by atoms with Gasteiger partial charge in [0.25, 0.3) is 11.8 Å². The standard InChI is InChI=1S/C8H11NO4/c1-5(2)8(12)13-9(6(3)10)7(4)11/h1H2,2-4H3. The molecule has 5 nitrogen and oxygen atoms in total. The molecule has 0 spiro atoms. The first-order chi connectivity index (χ1) is 5.86. The van der Waals surface area contributed by atoms with Crippen LogP contribution >= 0.6 is 0 Å². The number of imide groups is 1. The normalized spacial score (nSPS) is 8.85. The van der Waals surface area contributed by atoms with Crippen LogP contribution in [0.1, 0.15) is 20.8 Å². The van der Waals surface area contributed by atoms with Gasteiger partial charge in [0.2, 0.25) is 0 Å². The lowest BCUT2D eigenvalue weighted by Crippen LogP contribution is -2.35. The Morgan fingerprint density at radius 1 is 1.08 bits per heavy atom. The second-order valence-electron chi connectivity index (χ2n) is 2.49. The third-order valence-electron chi connectivity index (χ3n) is 1.09. The lowest BCUT2D eigenvalue weighted by molar-refractivity contribution is -0.197. The molecule has 0 aliphatic rings. The highest BCUT2D eigenvalue weighted by molar-refractivity contribution is 5.95. The molecule has 0 aromatic rings. The van der Waals surface area contributed by atoms with E-state index in [0.29, 0.717) is 5.06 Å². The first-order valence-corrected chi connectivity index (χ1v) is 3.55. The van der Waals surface area contributed by atoms with E-state index in [-0.39, 0.29) is 5.57 Å². The highest BCUT2D eigenvalue weighted by atomic mass is 16.7. The van der Waals surface area contributed by atoms with Gasteiger partial charge in [0, 0.05) is 19.4 Å². The zero-order valence-corrected chi connectivity index (χ0v) is 7.79. The van der Waals surface area contributed by atoms with Gasteiger partial charge < -0.3 is 4.84 Å². The molecule has 0 radical (unpaired) electrons. The van der Waals surface area contributed by atoms with Gasteiger partial charge >= 0.3 is 5.97 Å². The van der Waals surface area contributed by atoms with Crippen LogP contribution in [0, 0.1) is 0 Å². The molecule has 0 fully saturated rings. The lowest BCUT2D eigenvalue weighted by Gasteiger charge is -2.14. The van der Waals surface area contributed by atoms with Gasteiger partial charge in [0.05, 0.1) is 0 Å². The van der Waals surface area contributed by atoms with Crippen LogP contribution in [0.2, 0.25) is 0 Å². The summed E-state index contributed by atoms with van der Waals surface area (Å²) in [5.41, 5.74) is 0.118. The molecule has 0 N–H and O–H groups in total. The fraction of sp³-hybridized carbons (Fsp3) is 0.375. The largest absolute Gasteiger partial charge is 0.359 e. The van der Waals surface area contributed by atoms with Crippen molar-refractivity contribution in [1.82, 2.24) is 5.06 Å². The molecule has 5 heteroatoms. The highest BCUT2D eigenvalue weighted by Gasteiger charge is 2.19. The number of hydrogen-bond donors (Lipinski definition) is 0. The molecule has 0 saturated carbocycles. The SMILES string of the molecule is C=C(C)C(=O)ON(C(C)=O)C(C)=O. The maximum atomic E-state index is 10.9. The minimum atomic E-state index is -0.801. The molecule has 72 valence electrons. The number of carbonyl (C=O) groups is 3. The average molecular weight is 185 g/mol. The monoisotopic (exact) mass is 185 g/mol. The summed E-state index contributed by atoms with van der Waals surface area (Å²) in [5, 5.41) is 0.386. The summed E-state index contributed by atoms with van der Waals surface area (Å²) < 4.78 is 0. The molecule has 0 unspecified atom stereocenters. The molecule has 0 heterocycles. The second-order valence-corrected chi connectivity index (χ2v) is 2.49. The third-order valence-corrected chi connectivity index (χ3v) is 1.09. The molecule has 0 aromatic heterocycles. The van der Waals surface area contributed by atoms with Gasteiger partial charge in [-0.05, 0) is 6.92 Å². The Morgan fingerprint density at radius 2 is 1.46 bits per heavy atom. The van der Waals surface area contributed by atoms with Crippen LogP contribution in [0.5, 0.6) is 0 Å². The van der Waals surface area contributed by atoms with Crippen LogP contribution in [0.4, 0.5) is 0 Å². The van der Waals surface area contributed by atoms with E-state index in [1.807, 2.05) is 0 Å². The van der Waals surface area contributed by atoms with Crippen LogP contribution in [-0.4, -0.2) is 22.8 Å². The Morgan fingerprint density at radius 3 is 1.69 bits per heavy atom. The van der Waals surface area contributed by atoms with E-state index >= 15 is 0 Å². The van der Waals surface area contributed by atoms with E-state index in [0.717, 1.165) is 13.8 Å². The Labute approximate surface area is 75.9 Å². The Hall–Kier alpha value is -1.65. The summed E-state index contributed by atoms with van der Waals surface area (Å²) in [4.78, 5) is 36.8. The van der Waals surface area contributed by atoms with Gasteiger partial charge in [0.15, 0.2) is 0 Å². The van der Waals surface area contributed by atoms with Crippen LogP contribution in [0.25, 0.3) is 0 Å². The van der Waals surface area contributed by atoms with Crippen molar-refractivity contribution < 1.29 is 19.2 Å². The maximum absolute atomic E-state index is 10.9. The molecular formula is C8H11NO4. The van der Waals surface area contributed by atoms with Gasteiger partial charge in [-0.1, -0.05) is 6.58 Å². The molecule has 0 aromatic carbocycles. The average Bonchev–Trinajstić information content (AvgIpc) is 1.97. The first kappa shape index (κ1) is 11.4. The zero-order valence-electron chi connectivity index (χ0n) is 7.79. The zero-order chi connectivity index (χ0) is 10.6. The number of carbonyl (C=O) groups excluding carboxylic acids is 3. The van der Waals surface area contributed by atoms with Crippen LogP contribution in [-0.2, 0) is 19.2 Å². The summed E-state index contributed by atoms with van der Waals surface area (Å²) in [6.45, 7) is 6.96. The summed E-state index contributed by atoms with van der Waals surface area (Å²) in [7, 11) is 0. The second kappa shape index (κ2) is 4.39. The number of hydroxylamine groups is 2. The maximum Gasteiger partial charge on any atom is 0.359 e.